The molecule has 2 nitrogen and oxygen atoms in total. The molecule has 2 unspecified atom stereocenters. The maximum Gasteiger partial charge on any atom is 0.177 e. The van der Waals surface area contributed by atoms with Crippen molar-refractivity contribution in [3.8, 4) is 0 Å². The van der Waals surface area contributed by atoms with Crippen LogP contribution in [0.2, 0.25) is 0 Å². The average molecular weight is 149 g/mol. The van der Waals surface area contributed by atoms with E-state index in [0.717, 1.165) is 17.9 Å². The minimum absolute atomic E-state index is 0.0937. The van der Waals surface area contributed by atoms with Crippen LogP contribution in [0.1, 0.15) is 19.8 Å². The lowest BCUT2D eigenvalue weighted by Crippen LogP contribution is -2.11. The summed E-state index contributed by atoms with van der Waals surface area (Å²) in [4.78, 5) is 10.8. The van der Waals surface area contributed by atoms with Gasteiger partial charge in [-0.15, -0.1) is 0 Å². The molecule has 0 aliphatic heterocycles. The van der Waals surface area contributed by atoms with Crippen molar-refractivity contribution >= 4 is 11.5 Å². The highest BCUT2D eigenvalue weighted by molar-refractivity contribution is 6.44. The van der Waals surface area contributed by atoms with E-state index in [0.29, 0.717) is 5.92 Å². The maximum absolute atomic E-state index is 10.8. The largest absolute Gasteiger partial charge is 0.297 e. The Balaban J connectivity index is 2.16. The van der Waals surface area contributed by atoms with Crippen molar-refractivity contribution in [2.24, 2.45) is 11.8 Å². The van der Waals surface area contributed by atoms with E-state index in [1.54, 1.807) is 0 Å². The first-order valence-electron chi connectivity index (χ1n) is 4.00. The van der Waals surface area contributed by atoms with Gasteiger partial charge in [-0.05, 0) is 30.3 Å². The van der Waals surface area contributed by atoms with Crippen LogP contribution in [0, 0.1) is 17.2 Å². The third kappa shape index (κ3) is 0.934. The molecule has 0 radical (unpaired) electrons. The highest BCUT2D eigenvalue weighted by Crippen LogP contribution is 2.52. The minimum Gasteiger partial charge on any atom is -0.297 e. The van der Waals surface area contributed by atoms with Crippen molar-refractivity contribution in [2.45, 2.75) is 19.8 Å². The molecule has 0 aromatic carbocycles. The van der Waals surface area contributed by atoms with Gasteiger partial charge in [0.05, 0.1) is 5.71 Å². The summed E-state index contributed by atoms with van der Waals surface area (Å²) in [6.07, 6.45) is 4.36. The molecule has 0 heterocycles. The standard InChI is InChI=1S/C9H11NO/c1-5(11)9(10)7-3-2-6-4-8(6)7/h3,6,8,10H,2,4H2,1H3. The Bertz CT molecular complexity index is 265. The Kier molecular flexibility index (Phi) is 1.25. The monoisotopic (exact) mass is 149 g/mol. The average Bonchev–Trinajstić information content (AvgIpc) is 2.62. The van der Waals surface area contributed by atoms with Gasteiger partial charge in [0.1, 0.15) is 0 Å². The number of carbonyl (C=O) groups excluding carboxylic acids is 1. The summed E-state index contributed by atoms with van der Waals surface area (Å²) in [5.41, 5.74) is 1.26. The fraction of sp³-hybridized carbons (Fsp3) is 0.556. The summed E-state index contributed by atoms with van der Waals surface area (Å²) < 4.78 is 0. The summed E-state index contributed by atoms with van der Waals surface area (Å²) in [7, 11) is 0. The summed E-state index contributed by atoms with van der Waals surface area (Å²) in [5.74, 6) is 1.26. The van der Waals surface area contributed by atoms with E-state index in [2.05, 4.69) is 6.08 Å². The lowest BCUT2D eigenvalue weighted by molar-refractivity contribution is -0.111. The van der Waals surface area contributed by atoms with Crippen LogP contribution in [0.15, 0.2) is 11.6 Å². The topological polar surface area (TPSA) is 40.9 Å². The Morgan fingerprint density at radius 1 is 1.73 bits per heavy atom. The first-order valence-corrected chi connectivity index (χ1v) is 4.00. The molecule has 2 heteroatoms. The fourth-order valence-electron chi connectivity index (χ4n) is 1.81. The van der Waals surface area contributed by atoms with Crippen molar-refractivity contribution < 1.29 is 4.79 Å². The van der Waals surface area contributed by atoms with Crippen LogP contribution in [0.3, 0.4) is 0 Å². The molecule has 1 saturated carbocycles. The predicted octanol–water partition coefficient (Wildman–Crippen LogP) is 1.56. The second kappa shape index (κ2) is 2.03. The van der Waals surface area contributed by atoms with Crippen LogP contribution in [0.5, 0.6) is 0 Å². The lowest BCUT2D eigenvalue weighted by Gasteiger charge is -1.99. The molecular weight excluding hydrogens is 138 g/mol. The number of fused-ring (bicyclic) bond motifs is 1. The second-order valence-electron chi connectivity index (χ2n) is 3.43. The van der Waals surface area contributed by atoms with Crippen LogP contribution < -0.4 is 0 Å². The van der Waals surface area contributed by atoms with Crippen LogP contribution in [-0.2, 0) is 4.79 Å². The molecule has 58 valence electrons. The zero-order valence-corrected chi connectivity index (χ0v) is 6.55. The number of hydrogen-bond donors (Lipinski definition) is 1. The zero-order chi connectivity index (χ0) is 8.01. The summed E-state index contributed by atoms with van der Waals surface area (Å²) in [6.45, 7) is 1.47. The van der Waals surface area contributed by atoms with Gasteiger partial charge in [-0.2, -0.15) is 0 Å². The molecular formula is C9H11NO. The van der Waals surface area contributed by atoms with Crippen LogP contribution in [-0.4, -0.2) is 11.5 Å². The molecule has 1 fully saturated rings. The molecule has 0 saturated heterocycles. The first kappa shape index (κ1) is 6.77. The lowest BCUT2D eigenvalue weighted by atomic mass is 10.1. The highest BCUT2D eigenvalue weighted by Gasteiger charge is 2.44. The number of hydrogen-bond acceptors (Lipinski definition) is 2. The molecule has 0 aromatic rings. The number of carbonyl (C=O) groups is 1. The third-order valence-electron chi connectivity index (χ3n) is 2.60. The second-order valence-corrected chi connectivity index (χ2v) is 3.43. The molecule has 1 N–H and O–H groups in total. The number of allylic oxidation sites excluding steroid dienone is 2. The summed E-state index contributed by atoms with van der Waals surface area (Å²) in [6, 6.07) is 0. The third-order valence-corrected chi connectivity index (χ3v) is 2.60. The number of Topliss-reactive ketones (excluding diaryl/α,β-unsaturated/α-hetero) is 1. The van der Waals surface area contributed by atoms with Crippen molar-refractivity contribution in [2.75, 3.05) is 0 Å². The molecule has 0 bridgehead atoms. The normalized spacial score (nSPS) is 32.6. The Labute approximate surface area is 65.8 Å². The van der Waals surface area contributed by atoms with Crippen LogP contribution in [0.4, 0.5) is 0 Å². The highest BCUT2D eigenvalue weighted by atomic mass is 16.1. The molecule has 2 aliphatic carbocycles. The van der Waals surface area contributed by atoms with Gasteiger partial charge in [0.2, 0.25) is 0 Å². The smallest absolute Gasteiger partial charge is 0.177 e. The fourth-order valence-corrected chi connectivity index (χ4v) is 1.81. The zero-order valence-electron chi connectivity index (χ0n) is 6.55. The van der Waals surface area contributed by atoms with Gasteiger partial charge in [-0.1, -0.05) is 6.08 Å². The van der Waals surface area contributed by atoms with Crippen LogP contribution >= 0.6 is 0 Å². The molecule has 2 rings (SSSR count). The van der Waals surface area contributed by atoms with Gasteiger partial charge in [0, 0.05) is 6.92 Å². The van der Waals surface area contributed by atoms with Crippen LogP contribution in [0.25, 0.3) is 0 Å². The van der Waals surface area contributed by atoms with Crippen molar-refractivity contribution in [3.05, 3.63) is 11.6 Å². The quantitative estimate of drug-likeness (QED) is 0.595. The van der Waals surface area contributed by atoms with Gasteiger partial charge in [0.25, 0.3) is 0 Å². The van der Waals surface area contributed by atoms with Gasteiger partial charge < -0.3 is 0 Å². The minimum atomic E-state index is -0.0937. The van der Waals surface area contributed by atoms with E-state index in [9.17, 15) is 4.79 Å². The Morgan fingerprint density at radius 2 is 2.45 bits per heavy atom. The van der Waals surface area contributed by atoms with Gasteiger partial charge in [-0.25, -0.2) is 0 Å². The van der Waals surface area contributed by atoms with Gasteiger partial charge >= 0.3 is 0 Å². The molecule has 2 aliphatic rings. The Hall–Kier alpha value is -0.920. The number of ketones is 1. The molecule has 0 spiro atoms. The maximum atomic E-state index is 10.8. The van der Waals surface area contributed by atoms with Crippen molar-refractivity contribution in [3.63, 3.8) is 0 Å². The molecule has 2 atom stereocenters. The van der Waals surface area contributed by atoms with Crippen molar-refractivity contribution in [1.29, 1.82) is 5.41 Å². The molecule has 11 heavy (non-hydrogen) atoms. The van der Waals surface area contributed by atoms with E-state index < -0.39 is 0 Å². The first-order chi connectivity index (χ1) is 5.20. The van der Waals surface area contributed by atoms with Crippen molar-refractivity contribution in [1.82, 2.24) is 0 Å². The van der Waals surface area contributed by atoms with E-state index in [-0.39, 0.29) is 11.5 Å². The SMILES string of the molecule is CC(=O)C(=N)C1=CCC2CC12. The number of rotatable bonds is 2. The van der Waals surface area contributed by atoms with E-state index in [1.165, 1.54) is 13.3 Å². The summed E-state index contributed by atoms with van der Waals surface area (Å²) in [5, 5.41) is 7.48. The van der Waals surface area contributed by atoms with Gasteiger partial charge in [-0.3, -0.25) is 10.2 Å². The van der Waals surface area contributed by atoms with E-state index in [4.69, 9.17) is 5.41 Å². The van der Waals surface area contributed by atoms with E-state index >= 15 is 0 Å². The molecule has 0 aromatic heterocycles. The Morgan fingerprint density at radius 3 is 2.82 bits per heavy atom. The predicted molar refractivity (Wildman–Crippen MR) is 42.7 cm³/mol. The van der Waals surface area contributed by atoms with Gasteiger partial charge in [0.15, 0.2) is 5.78 Å². The molecule has 0 amide bonds. The summed E-state index contributed by atoms with van der Waals surface area (Å²) >= 11 is 0. The number of nitrogens with one attached hydrogen (secondary N) is 1. The van der Waals surface area contributed by atoms with E-state index in [1.807, 2.05) is 0 Å².